The quantitative estimate of drug-likeness (QED) is 0.472. The Kier molecular flexibility index (Phi) is 7.42. The first kappa shape index (κ1) is 22.5. The average Bonchev–Trinajstić information content (AvgIpc) is 2.76. The van der Waals surface area contributed by atoms with Crippen molar-refractivity contribution in [2.24, 2.45) is 0 Å². The van der Waals surface area contributed by atoms with Gasteiger partial charge in [0.1, 0.15) is 0 Å². The number of rotatable bonds is 6. The topological polar surface area (TPSA) is 53.2 Å². The zero-order valence-corrected chi connectivity index (χ0v) is 18.9. The van der Waals surface area contributed by atoms with E-state index in [4.69, 9.17) is 12.2 Å². The van der Waals surface area contributed by atoms with Crippen LogP contribution in [0.1, 0.15) is 54.3 Å². The van der Waals surface area contributed by atoms with Crippen molar-refractivity contribution in [2.45, 2.75) is 38.4 Å². The molecule has 4 nitrogen and oxygen atoms in total. The SMILES string of the molecule is CC(C)(C)NC(=S)N[C@@H](c1ccccc1)[C@@H](NC(=O)c1ccccc1)c1ccccc1. The summed E-state index contributed by atoms with van der Waals surface area (Å²) in [6.45, 7) is 6.18. The first-order chi connectivity index (χ1) is 14.8. The molecule has 3 N–H and O–H groups in total. The van der Waals surface area contributed by atoms with Crippen molar-refractivity contribution in [1.29, 1.82) is 0 Å². The minimum absolute atomic E-state index is 0.133. The van der Waals surface area contributed by atoms with Crippen molar-refractivity contribution < 1.29 is 4.79 Å². The maximum Gasteiger partial charge on any atom is 0.251 e. The standard InChI is InChI=1S/C26H29N3OS/c1-26(2,3)29-25(31)28-23(20-15-9-5-10-16-20)22(19-13-7-4-8-14-19)27-24(30)21-17-11-6-12-18-21/h4-18,22-23H,1-3H3,(H,27,30)(H2,28,29,31)/t22-,23-/m0/s1. The lowest BCUT2D eigenvalue weighted by molar-refractivity contribution is 0.0928. The summed E-state index contributed by atoms with van der Waals surface area (Å²) in [4.78, 5) is 13.1. The first-order valence-corrected chi connectivity index (χ1v) is 10.8. The maximum atomic E-state index is 13.1. The van der Waals surface area contributed by atoms with Crippen LogP contribution in [0.15, 0.2) is 91.0 Å². The molecule has 0 spiro atoms. The van der Waals surface area contributed by atoms with Crippen LogP contribution in [-0.2, 0) is 0 Å². The molecule has 0 radical (unpaired) electrons. The molecule has 0 saturated heterocycles. The Labute approximate surface area is 190 Å². The summed E-state index contributed by atoms with van der Waals surface area (Å²) in [5.41, 5.74) is 2.46. The summed E-state index contributed by atoms with van der Waals surface area (Å²) in [5.74, 6) is -0.133. The fourth-order valence-corrected chi connectivity index (χ4v) is 3.80. The molecule has 3 aromatic carbocycles. The van der Waals surface area contributed by atoms with Crippen LogP contribution in [0.4, 0.5) is 0 Å². The van der Waals surface area contributed by atoms with E-state index in [2.05, 4.69) is 36.7 Å². The van der Waals surface area contributed by atoms with Crippen LogP contribution < -0.4 is 16.0 Å². The third kappa shape index (κ3) is 6.66. The highest BCUT2D eigenvalue weighted by Crippen LogP contribution is 2.29. The molecule has 0 bridgehead atoms. The van der Waals surface area contributed by atoms with Gasteiger partial charge in [-0.2, -0.15) is 0 Å². The molecule has 31 heavy (non-hydrogen) atoms. The predicted octanol–water partition coefficient (Wildman–Crippen LogP) is 5.16. The number of carbonyl (C=O) groups excluding carboxylic acids is 1. The molecule has 0 unspecified atom stereocenters. The lowest BCUT2D eigenvalue weighted by Gasteiger charge is -2.33. The van der Waals surface area contributed by atoms with Crippen LogP contribution in [0, 0.1) is 0 Å². The second-order valence-electron chi connectivity index (χ2n) is 8.46. The van der Waals surface area contributed by atoms with Gasteiger partial charge in [0.15, 0.2) is 5.11 Å². The number of hydrogen-bond acceptors (Lipinski definition) is 2. The summed E-state index contributed by atoms with van der Waals surface area (Å²) >= 11 is 5.62. The van der Waals surface area contributed by atoms with Crippen molar-refractivity contribution >= 4 is 23.2 Å². The number of benzene rings is 3. The van der Waals surface area contributed by atoms with Gasteiger partial charge >= 0.3 is 0 Å². The average molecular weight is 432 g/mol. The van der Waals surface area contributed by atoms with E-state index >= 15 is 0 Å². The highest BCUT2D eigenvalue weighted by molar-refractivity contribution is 7.80. The van der Waals surface area contributed by atoms with E-state index < -0.39 is 0 Å². The molecule has 0 aliphatic carbocycles. The Balaban J connectivity index is 1.98. The van der Waals surface area contributed by atoms with Crippen LogP contribution in [0.2, 0.25) is 0 Å². The Bertz CT molecular complexity index is 985. The number of hydrogen-bond donors (Lipinski definition) is 3. The van der Waals surface area contributed by atoms with Crippen molar-refractivity contribution in [2.75, 3.05) is 0 Å². The Morgan fingerprint density at radius 2 is 1.13 bits per heavy atom. The summed E-state index contributed by atoms with van der Waals surface area (Å²) in [6.07, 6.45) is 0. The van der Waals surface area contributed by atoms with Crippen molar-refractivity contribution in [3.63, 3.8) is 0 Å². The number of carbonyl (C=O) groups is 1. The van der Waals surface area contributed by atoms with Gasteiger partial charge in [-0.3, -0.25) is 4.79 Å². The zero-order valence-electron chi connectivity index (χ0n) is 18.1. The molecule has 3 rings (SSSR count). The van der Waals surface area contributed by atoms with E-state index in [1.54, 1.807) is 0 Å². The number of nitrogens with one attached hydrogen (secondary N) is 3. The first-order valence-electron chi connectivity index (χ1n) is 10.4. The van der Waals surface area contributed by atoms with Gasteiger partial charge in [0.25, 0.3) is 5.91 Å². The van der Waals surface area contributed by atoms with Crippen LogP contribution in [-0.4, -0.2) is 16.6 Å². The molecule has 1 amide bonds. The van der Waals surface area contributed by atoms with E-state index in [0.29, 0.717) is 10.7 Å². The Morgan fingerprint density at radius 1 is 0.710 bits per heavy atom. The summed E-state index contributed by atoms with van der Waals surface area (Å²) in [5, 5.41) is 10.5. The molecule has 3 aromatic rings. The molecule has 0 fully saturated rings. The molecular weight excluding hydrogens is 402 g/mol. The van der Waals surface area contributed by atoms with Gasteiger partial charge in [0.05, 0.1) is 12.1 Å². The van der Waals surface area contributed by atoms with Gasteiger partial charge in [0, 0.05) is 11.1 Å². The Morgan fingerprint density at radius 3 is 1.58 bits per heavy atom. The van der Waals surface area contributed by atoms with E-state index in [9.17, 15) is 4.79 Å². The van der Waals surface area contributed by atoms with Crippen molar-refractivity contribution in [1.82, 2.24) is 16.0 Å². The summed E-state index contributed by atoms with van der Waals surface area (Å²) < 4.78 is 0. The summed E-state index contributed by atoms with van der Waals surface area (Å²) in [6, 6.07) is 28.7. The van der Waals surface area contributed by atoms with Gasteiger partial charge in [-0.25, -0.2) is 0 Å². The highest BCUT2D eigenvalue weighted by atomic mass is 32.1. The van der Waals surface area contributed by atoms with E-state index in [1.165, 1.54) is 0 Å². The van der Waals surface area contributed by atoms with E-state index in [0.717, 1.165) is 11.1 Å². The molecule has 0 saturated carbocycles. The predicted molar refractivity (Wildman–Crippen MR) is 131 cm³/mol. The van der Waals surface area contributed by atoms with Crippen LogP contribution in [0.5, 0.6) is 0 Å². The second-order valence-corrected chi connectivity index (χ2v) is 8.87. The smallest absolute Gasteiger partial charge is 0.251 e. The maximum absolute atomic E-state index is 13.1. The zero-order chi connectivity index (χ0) is 22.3. The van der Waals surface area contributed by atoms with Crippen molar-refractivity contribution in [3.05, 3.63) is 108 Å². The lowest BCUT2D eigenvalue weighted by atomic mass is 9.93. The minimum atomic E-state index is -0.337. The van der Waals surface area contributed by atoms with Crippen LogP contribution in [0.3, 0.4) is 0 Å². The third-order valence-corrected chi connectivity index (χ3v) is 4.97. The molecule has 0 heterocycles. The third-order valence-electron chi connectivity index (χ3n) is 4.75. The monoisotopic (exact) mass is 431 g/mol. The van der Waals surface area contributed by atoms with Gasteiger partial charge in [-0.1, -0.05) is 78.9 Å². The number of thiocarbonyl (C=S) groups is 1. The molecule has 5 heteroatoms. The second kappa shape index (κ2) is 10.2. The van der Waals surface area contributed by atoms with E-state index in [-0.39, 0.29) is 23.5 Å². The Hall–Kier alpha value is -3.18. The fraction of sp³-hybridized carbons (Fsp3) is 0.231. The molecule has 2 atom stereocenters. The van der Waals surface area contributed by atoms with Crippen molar-refractivity contribution in [3.8, 4) is 0 Å². The van der Waals surface area contributed by atoms with Gasteiger partial charge in [-0.15, -0.1) is 0 Å². The lowest BCUT2D eigenvalue weighted by Crippen LogP contribution is -2.49. The van der Waals surface area contributed by atoms with Crippen LogP contribution in [0.25, 0.3) is 0 Å². The molecule has 0 aromatic heterocycles. The van der Waals surface area contributed by atoms with E-state index in [1.807, 2.05) is 91.0 Å². The normalized spacial score (nSPS) is 13.0. The van der Waals surface area contributed by atoms with Gasteiger partial charge in [0.2, 0.25) is 0 Å². The van der Waals surface area contributed by atoms with Gasteiger partial charge < -0.3 is 16.0 Å². The molecule has 160 valence electrons. The largest absolute Gasteiger partial charge is 0.358 e. The molecule has 0 aliphatic heterocycles. The molecule has 0 aliphatic rings. The summed E-state index contributed by atoms with van der Waals surface area (Å²) in [7, 11) is 0. The fourth-order valence-electron chi connectivity index (χ4n) is 3.37. The minimum Gasteiger partial charge on any atom is -0.358 e. The molecular formula is C26H29N3OS. The number of amides is 1. The van der Waals surface area contributed by atoms with Crippen LogP contribution >= 0.6 is 12.2 Å². The highest BCUT2D eigenvalue weighted by Gasteiger charge is 2.28. The van der Waals surface area contributed by atoms with Gasteiger partial charge in [-0.05, 0) is 56.2 Å².